The first-order valence-corrected chi connectivity index (χ1v) is 5.97. The van der Waals surface area contributed by atoms with E-state index in [0.29, 0.717) is 6.04 Å². The first kappa shape index (κ1) is 10.6. The highest BCUT2D eigenvalue weighted by atomic mass is 16.4. The normalized spacial score (nSPS) is 30.7. The van der Waals surface area contributed by atoms with Crippen molar-refractivity contribution in [3.8, 4) is 5.75 Å². The van der Waals surface area contributed by atoms with Crippen LogP contribution in [0.4, 0.5) is 0 Å². The van der Waals surface area contributed by atoms with E-state index in [4.69, 9.17) is 0 Å². The molecule has 0 saturated carbocycles. The van der Waals surface area contributed by atoms with Gasteiger partial charge in [0.15, 0.2) is 0 Å². The standard InChI is InChI=1S/C13H15NO3/c15-8-4-5-9-7(6-8)2-1-3-10-12(14-10)11(9)13(16)17/h4-6,10-12,14-15H,1-3H2,(H,16,17). The van der Waals surface area contributed by atoms with Crippen LogP contribution in [0.3, 0.4) is 0 Å². The number of hydrogen-bond donors (Lipinski definition) is 3. The van der Waals surface area contributed by atoms with Crippen LogP contribution in [0.15, 0.2) is 18.2 Å². The van der Waals surface area contributed by atoms with Crippen LogP contribution in [0.2, 0.25) is 0 Å². The van der Waals surface area contributed by atoms with Crippen molar-refractivity contribution in [1.29, 1.82) is 0 Å². The zero-order valence-corrected chi connectivity index (χ0v) is 9.39. The molecule has 0 radical (unpaired) electrons. The lowest BCUT2D eigenvalue weighted by atomic mass is 9.85. The second kappa shape index (κ2) is 3.74. The van der Waals surface area contributed by atoms with Crippen molar-refractivity contribution < 1.29 is 15.0 Å². The first-order chi connectivity index (χ1) is 8.16. The second-order valence-electron chi connectivity index (χ2n) is 4.89. The summed E-state index contributed by atoms with van der Waals surface area (Å²) in [5.74, 6) is -1.04. The molecular weight excluding hydrogens is 218 g/mol. The molecule has 1 fully saturated rings. The van der Waals surface area contributed by atoms with Gasteiger partial charge in [0.1, 0.15) is 5.75 Å². The van der Waals surface area contributed by atoms with Crippen LogP contribution in [0.1, 0.15) is 29.9 Å². The number of aryl methyl sites for hydroxylation is 1. The highest BCUT2D eigenvalue weighted by molar-refractivity contribution is 5.79. The number of aromatic hydroxyl groups is 1. The van der Waals surface area contributed by atoms with Crippen LogP contribution in [0.5, 0.6) is 5.75 Å². The Balaban J connectivity index is 2.06. The lowest BCUT2D eigenvalue weighted by molar-refractivity contribution is -0.138. The molecule has 2 aliphatic rings. The van der Waals surface area contributed by atoms with Crippen molar-refractivity contribution in [2.24, 2.45) is 0 Å². The minimum absolute atomic E-state index is 0.0658. The third kappa shape index (κ3) is 1.78. The van der Waals surface area contributed by atoms with Gasteiger partial charge in [-0.25, -0.2) is 0 Å². The van der Waals surface area contributed by atoms with Crippen LogP contribution in [0.25, 0.3) is 0 Å². The first-order valence-electron chi connectivity index (χ1n) is 5.97. The monoisotopic (exact) mass is 233 g/mol. The van der Waals surface area contributed by atoms with Crippen molar-refractivity contribution in [3.63, 3.8) is 0 Å². The molecule has 1 aliphatic carbocycles. The molecule has 3 rings (SSSR count). The number of aliphatic carboxylic acids is 1. The molecule has 4 heteroatoms. The van der Waals surface area contributed by atoms with Gasteiger partial charge >= 0.3 is 5.97 Å². The Morgan fingerprint density at radius 3 is 3.00 bits per heavy atom. The Kier molecular flexibility index (Phi) is 2.33. The minimum Gasteiger partial charge on any atom is -0.508 e. The summed E-state index contributed by atoms with van der Waals surface area (Å²) in [7, 11) is 0. The Labute approximate surface area is 99.3 Å². The number of phenolic OH excluding ortho intramolecular Hbond substituents is 1. The lowest BCUT2D eigenvalue weighted by Crippen LogP contribution is -2.22. The molecule has 1 aromatic carbocycles. The van der Waals surface area contributed by atoms with E-state index >= 15 is 0 Å². The van der Waals surface area contributed by atoms with Crippen LogP contribution < -0.4 is 5.32 Å². The second-order valence-corrected chi connectivity index (χ2v) is 4.89. The summed E-state index contributed by atoms with van der Waals surface area (Å²) in [6, 6.07) is 5.46. The van der Waals surface area contributed by atoms with Gasteiger partial charge in [-0.15, -0.1) is 0 Å². The van der Waals surface area contributed by atoms with E-state index in [2.05, 4.69) is 5.32 Å². The van der Waals surface area contributed by atoms with E-state index in [1.54, 1.807) is 18.2 Å². The fourth-order valence-electron chi connectivity index (χ4n) is 2.89. The minimum atomic E-state index is -0.779. The molecule has 0 aromatic heterocycles. The van der Waals surface area contributed by atoms with Crippen molar-refractivity contribution in [2.75, 3.05) is 0 Å². The highest BCUT2D eigenvalue weighted by Gasteiger charge is 2.47. The summed E-state index contributed by atoms with van der Waals surface area (Å²) in [6.07, 6.45) is 2.90. The van der Waals surface area contributed by atoms with Gasteiger partial charge < -0.3 is 15.5 Å². The van der Waals surface area contributed by atoms with E-state index in [1.165, 1.54) is 0 Å². The Morgan fingerprint density at radius 1 is 1.41 bits per heavy atom. The summed E-state index contributed by atoms with van der Waals surface area (Å²) < 4.78 is 0. The number of rotatable bonds is 1. The number of nitrogens with one attached hydrogen (secondary N) is 1. The van der Waals surface area contributed by atoms with Crippen LogP contribution >= 0.6 is 0 Å². The zero-order chi connectivity index (χ0) is 12.0. The maximum absolute atomic E-state index is 11.4. The molecule has 0 bridgehead atoms. The summed E-state index contributed by atoms with van der Waals surface area (Å²) in [4.78, 5) is 11.4. The van der Waals surface area contributed by atoms with Gasteiger partial charge in [0.25, 0.3) is 0 Å². The van der Waals surface area contributed by atoms with Gasteiger partial charge in [0.2, 0.25) is 0 Å². The molecule has 1 aliphatic heterocycles. The smallest absolute Gasteiger partial charge is 0.312 e. The van der Waals surface area contributed by atoms with Gasteiger partial charge in [-0.1, -0.05) is 6.07 Å². The topological polar surface area (TPSA) is 79.5 Å². The predicted molar refractivity (Wildman–Crippen MR) is 62.1 cm³/mol. The molecule has 3 atom stereocenters. The van der Waals surface area contributed by atoms with E-state index in [-0.39, 0.29) is 11.8 Å². The molecule has 4 nitrogen and oxygen atoms in total. The molecule has 17 heavy (non-hydrogen) atoms. The molecule has 90 valence electrons. The third-order valence-corrected chi connectivity index (χ3v) is 3.78. The van der Waals surface area contributed by atoms with Gasteiger partial charge in [-0.3, -0.25) is 4.79 Å². The van der Waals surface area contributed by atoms with Gasteiger partial charge in [0, 0.05) is 12.1 Å². The zero-order valence-electron chi connectivity index (χ0n) is 9.39. The molecule has 3 unspecified atom stereocenters. The molecule has 0 amide bonds. The highest BCUT2D eigenvalue weighted by Crippen LogP contribution is 2.37. The number of carbonyl (C=O) groups is 1. The lowest BCUT2D eigenvalue weighted by Gasteiger charge is -2.18. The summed E-state index contributed by atoms with van der Waals surface area (Å²) in [6.45, 7) is 0. The maximum atomic E-state index is 11.4. The van der Waals surface area contributed by atoms with Gasteiger partial charge in [0.05, 0.1) is 5.92 Å². The fourth-order valence-corrected chi connectivity index (χ4v) is 2.89. The maximum Gasteiger partial charge on any atom is 0.312 e. The molecule has 1 aromatic rings. The summed E-state index contributed by atoms with van der Waals surface area (Å²) in [5.41, 5.74) is 1.83. The average molecular weight is 233 g/mol. The van der Waals surface area contributed by atoms with Gasteiger partial charge in [-0.2, -0.15) is 0 Å². The molecule has 0 spiro atoms. The van der Waals surface area contributed by atoms with Crippen LogP contribution in [-0.4, -0.2) is 28.3 Å². The number of hydrogen-bond acceptors (Lipinski definition) is 3. The van der Waals surface area contributed by atoms with E-state index in [0.717, 1.165) is 30.4 Å². The SMILES string of the molecule is O=C(O)C1c2ccc(O)cc2CCCC2NC21. The number of phenols is 1. The predicted octanol–water partition coefficient (Wildman–Crippen LogP) is 1.24. The van der Waals surface area contributed by atoms with Crippen LogP contribution in [-0.2, 0) is 11.2 Å². The Morgan fingerprint density at radius 2 is 2.24 bits per heavy atom. The summed E-state index contributed by atoms with van der Waals surface area (Å²) in [5, 5.41) is 22.1. The molecule has 1 heterocycles. The number of benzene rings is 1. The number of carboxylic acids is 1. The molecular formula is C13H15NO3. The van der Waals surface area contributed by atoms with E-state index in [9.17, 15) is 15.0 Å². The van der Waals surface area contributed by atoms with E-state index < -0.39 is 11.9 Å². The molecule has 3 N–H and O–H groups in total. The average Bonchev–Trinajstić information content (AvgIpc) is 2.97. The fraction of sp³-hybridized carbons (Fsp3) is 0.462. The number of fused-ring (bicyclic) bond motifs is 2. The van der Waals surface area contributed by atoms with Crippen molar-refractivity contribution >= 4 is 5.97 Å². The van der Waals surface area contributed by atoms with Crippen molar-refractivity contribution in [1.82, 2.24) is 5.32 Å². The van der Waals surface area contributed by atoms with Crippen LogP contribution in [0, 0.1) is 0 Å². The Hall–Kier alpha value is -1.55. The third-order valence-electron chi connectivity index (χ3n) is 3.78. The largest absolute Gasteiger partial charge is 0.508 e. The Bertz CT molecular complexity index is 472. The molecule has 1 saturated heterocycles. The summed E-state index contributed by atoms with van der Waals surface area (Å²) >= 11 is 0. The van der Waals surface area contributed by atoms with E-state index in [1.807, 2.05) is 0 Å². The van der Waals surface area contributed by atoms with Crippen molar-refractivity contribution in [3.05, 3.63) is 29.3 Å². The quantitative estimate of drug-likeness (QED) is 0.637. The van der Waals surface area contributed by atoms with Gasteiger partial charge in [-0.05, 0) is 42.5 Å². The van der Waals surface area contributed by atoms with Crippen molar-refractivity contribution in [2.45, 2.75) is 37.3 Å². The number of carboxylic acid groups (broad SMARTS) is 1.